The molecule has 0 atom stereocenters. The van der Waals surface area contributed by atoms with Gasteiger partial charge in [-0.05, 0) is 43.8 Å². The minimum absolute atomic E-state index is 0.215. The Labute approximate surface area is 98.1 Å². The van der Waals surface area contributed by atoms with Gasteiger partial charge in [0.1, 0.15) is 0 Å². The zero-order valence-corrected chi connectivity index (χ0v) is 11.3. The van der Waals surface area contributed by atoms with E-state index in [-0.39, 0.29) is 5.97 Å². The van der Waals surface area contributed by atoms with E-state index >= 15 is 0 Å². The molecule has 0 bridgehead atoms. The second-order valence-corrected chi connectivity index (χ2v) is 9.21. The van der Waals surface area contributed by atoms with E-state index in [1.54, 1.807) is 12.1 Å². The van der Waals surface area contributed by atoms with Gasteiger partial charge in [0.2, 0.25) is 8.32 Å². The number of hydrogen-bond donors (Lipinski definition) is 0. The van der Waals surface area contributed by atoms with Crippen LogP contribution < -0.4 is 0 Å². The molecule has 0 radical (unpaired) electrons. The first-order chi connectivity index (χ1) is 7.33. The highest BCUT2D eigenvalue weighted by molar-refractivity contribution is 6.71. The average Bonchev–Trinajstić information content (AvgIpc) is 2.14. The van der Waals surface area contributed by atoms with Crippen LogP contribution in [-0.4, -0.2) is 14.3 Å². The maximum Gasteiger partial charge on any atom is 0.325 e. The Bertz CT molecular complexity index is 416. The third-order valence-corrected chi connectivity index (χ3v) is 2.90. The summed E-state index contributed by atoms with van der Waals surface area (Å²) in [5.74, 6) is -0.215. The second-order valence-electron chi connectivity index (χ2n) is 4.78. The Morgan fingerprint density at radius 2 is 2.00 bits per heavy atom. The molecule has 1 aromatic rings. The molecule has 86 valence electrons. The predicted octanol–water partition coefficient (Wildman–Crippen LogP) is 3.63. The highest BCUT2D eigenvalue weighted by Crippen LogP contribution is 2.15. The molecule has 0 fully saturated rings. The molecule has 0 heterocycles. The molecule has 16 heavy (non-hydrogen) atoms. The van der Waals surface area contributed by atoms with Crippen molar-refractivity contribution in [1.29, 1.82) is 0 Å². The largest absolute Gasteiger partial charge is 0.516 e. The summed E-state index contributed by atoms with van der Waals surface area (Å²) in [6, 6.07) is 5.61. The van der Waals surface area contributed by atoms with Crippen LogP contribution in [0.5, 0.6) is 0 Å². The molecule has 1 aromatic carbocycles. The van der Waals surface area contributed by atoms with Crippen LogP contribution in [-0.2, 0) is 4.43 Å². The highest BCUT2D eigenvalue weighted by atomic mass is 28.4. The lowest BCUT2D eigenvalue weighted by atomic mass is 10.1. The van der Waals surface area contributed by atoms with Crippen LogP contribution in [0.15, 0.2) is 24.8 Å². The normalized spacial score (nSPS) is 11.0. The summed E-state index contributed by atoms with van der Waals surface area (Å²) in [7, 11) is -1.82. The van der Waals surface area contributed by atoms with Gasteiger partial charge in [-0.1, -0.05) is 24.8 Å². The van der Waals surface area contributed by atoms with Gasteiger partial charge in [0.25, 0.3) is 0 Å². The molecular weight excluding hydrogens is 216 g/mol. The van der Waals surface area contributed by atoms with Crippen LogP contribution in [0.2, 0.25) is 19.6 Å². The Kier molecular flexibility index (Phi) is 3.70. The van der Waals surface area contributed by atoms with E-state index in [2.05, 4.69) is 6.58 Å². The Morgan fingerprint density at radius 1 is 1.38 bits per heavy atom. The lowest BCUT2D eigenvalue weighted by molar-refractivity contribution is 0.0724. The van der Waals surface area contributed by atoms with E-state index in [4.69, 9.17) is 4.43 Å². The number of carbonyl (C=O) groups is 1. The highest BCUT2D eigenvalue weighted by Gasteiger charge is 2.21. The summed E-state index contributed by atoms with van der Waals surface area (Å²) >= 11 is 0. The average molecular weight is 234 g/mol. The van der Waals surface area contributed by atoms with E-state index in [9.17, 15) is 4.79 Å². The zero-order valence-electron chi connectivity index (χ0n) is 10.3. The van der Waals surface area contributed by atoms with Crippen LogP contribution in [0.25, 0.3) is 6.08 Å². The summed E-state index contributed by atoms with van der Waals surface area (Å²) in [6.45, 7) is 11.6. The Hall–Kier alpha value is -1.35. The van der Waals surface area contributed by atoms with Crippen LogP contribution in [0.4, 0.5) is 0 Å². The quantitative estimate of drug-likeness (QED) is 0.746. The van der Waals surface area contributed by atoms with Gasteiger partial charge in [-0.15, -0.1) is 0 Å². The van der Waals surface area contributed by atoms with Crippen LogP contribution >= 0.6 is 0 Å². The number of carbonyl (C=O) groups excluding carboxylic acids is 1. The molecule has 0 aliphatic rings. The molecule has 0 saturated carbocycles. The SMILES string of the molecule is C=Cc1ccc(C(=O)O[Si](C)(C)C)c(C)c1. The third kappa shape index (κ3) is 3.34. The molecule has 3 heteroatoms. The van der Waals surface area contributed by atoms with Crippen molar-refractivity contribution in [3.8, 4) is 0 Å². The van der Waals surface area contributed by atoms with Gasteiger partial charge in [0, 0.05) is 0 Å². The van der Waals surface area contributed by atoms with Gasteiger partial charge in [-0.2, -0.15) is 0 Å². The molecule has 0 aliphatic carbocycles. The van der Waals surface area contributed by atoms with Crippen molar-refractivity contribution in [3.05, 3.63) is 41.5 Å². The van der Waals surface area contributed by atoms with Crippen molar-refractivity contribution in [2.45, 2.75) is 26.6 Å². The molecule has 0 aliphatic heterocycles. The number of benzene rings is 1. The molecular formula is C13H18O2Si. The maximum absolute atomic E-state index is 11.9. The van der Waals surface area contributed by atoms with E-state index in [0.717, 1.165) is 11.1 Å². The molecule has 0 amide bonds. The fraction of sp³-hybridized carbons (Fsp3) is 0.308. The molecule has 0 unspecified atom stereocenters. The third-order valence-electron chi connectivity index (χ3n) is 2.10. The minimum atomic E-state index is -1.82. The smallest absolute Gasteiger partial charge is 0.325 e. The van der Waals surface area contributed by atoms with Crippen molar-refractivity contribution >= 4 is 20.4 Å². The molecule has 0 aromatic heterocycles. The van der Waals surface area contributed by atoms with Gasteiger partial charge in [0.15, 0.2) is 0 Å². The lowest BCUT2D eigenvalue weighted by Gasteiger charge is -2.18. The van der Waals surface area contributed by atoms with E-state index in [1.807, 2.05) is 38.7 Å². The number of aryl methyl sites for hydroxylation is 1. The number of rotatable bonds is 3. The van der Waals surface area contributed by atoms with Gasteiger partial charge in [-0.3, -0.25) is 0 Å². The van der Waals surface area contributed by atoms with Crippen LogP contribution in [0.3, 0.4) is 0 Å². The van der Waals surface area contributed by atoms with Crippen LogP contribution in [0, 0.1) is 6.92 Å². The fourth-order valence-electron chi connectivity index (χ4n) is 1.38. The minimum Gasteiger partial charge on any atom is -0.516 e. The summed E-state index contributed by atoms with van der Waals surface area (Å²) in [5.41, 5.74) is 2.59. The zero-order chi connectivity index (χ0) is 12.3. The molecule has 0 spiro atoms. The van der Waals surface area contributed by atoms with Crippen molar-refractivity contribution in [1.82, 2.24) is 0 Å². The second kappa shape index (κ2) is 4.66. The first-order valence-electron chi connectivity index (χ1n) is 5.30. The molecule has 0 N–H and O–H groups in total. The van der Waals surface area contributed by atoms with E-state index in [0.29, 0.717) is 5.56 Å². The fourth-order valence-corrected chi connectivity index (χ4v) is 2.04. The predicted molar refractivity (Wildman–Crippen MR) is 70.0 cm³/mol. The first-order valence-corrected chi connectivity index (χ1v) is 8.71. The molecule has 0 saturated heterocycles. The van der Waals surface area contributed by atoms with Gasteiger partial charge >= 0.3 is 5.97 Å². The lowest BCUT2D eigenvalue weighted by Crippen LogP contribution is -2.29. The Morgan fingerprint density at radius 3 is 2.44 bits per heavy atom. The van der Waals surface area contributed by atoms with E-state index < -0.39 is 8.32 Å². The van der Waals surface area contributed by atoms with Gasteiger partial charge in [-0.25, -0.2) is 4.79 Å². The summed E-state index contributed by atoms with van der Waals surface area (Å²) in [5, 5.41) is 0. The van der Waals surface area contributed by atoms with Crippen molar-refractivity contribution in [3.63, 3.8) is 0 Å². The standard InChI is InChI=1S/C13H18O2Si/c1-6-11-7-8-12(10(2)9-11)13(14)15-16(3,4)5/h6-9H,1H2,2-5H3. The summed E-state index contributed by atoms with van der Waals surface area (Å²) < 4.78 is 5.45. The topological polar surface area (TPSA) is 26.3 Å². The maximum atomic E-state index is 11.9. The first kappa shape index (κ1) is 12.7. The van der Waals surface area contributed by atoms with E-state index in [1.165, 1.54) is 0 Å². The van der Waals surface area contributed by atoms with Gasteiger partial charge in [0.05, 0.1) is 5.56 Å². The Balaban J connectivity index is 2.97. The summed E-state index contributed by atoms with van der Waals surface area (Å²) in [4.78, 5) is 11.9. The van der Waals surface area contributed by atoms with Gasteiger partial charge < -0.3 is 4.43 Å². The number of hydrogen-bond acceptors (Lipinski definition) is 2. The molecule has 1 rings (SSSR count). The molecule has 2 nitrogen and oxygen atoms in total. The summed E-state index contributed by atoms with van der Waals surface area (Å²) in [6.07, 6.45) is 1.76. The monoisotopic (exact) mass is 234 g/mol. The van der Waals surface area contributed by atoms with Crippen molar-refractivity contribution < 1.29 is 9.22 Å². The van der Waals surface area contributed by atoms with Crippen molar-refractivity contribution in [2.75, 3.05) is 0 Å². The van der Waals surface area contributed by atoms with Crippen LogP contribution in [0.1, 0.15) is 21.5 Å². The van der Waals surface area contributed by atoms with Crippen molar-refractivity contribution in [2.24, 2.45) is 0 Å².